The van der Waals surface area contributed by atoms with Crippen molar-refractivity contribution in [3.8, 4) is 5.75 Å². The SMILES string of the molecule is COc1ccccc1CCNc1ncnc2sc(C(=O)O)c(C)c12. The van der Waals surface area contributed by atoms with E-state index in [0.717, 1.165) is 23.1 Å². The van der Waals surface area contributed by atoms with E-state index in [9.17, 15) is 9.90 Å². The highest BCUT2D eigenvalue weighted by Gasteiger charge is 2.18. The Morgan fingerprint density at radius 3 is 2.88 bits per heavy atom. The molecule has 124 valence electrons. The van der Waals surface area contributed by atoms with Crippen LogP contribution in [0.5, 0.6) is 5.75 Å². The van der Waals surface area contributed by atoms with Gasteiger partial charge in [0.1, 0.15) is 27.6 Å². The first-order chi connectivity index (χ1) is 11.6. The van der Waals surface area contributed by atoms with Crippen molar-refractivity contribution < 1.29 is 14.6 Å². The van der Waals surface area contributed by atoms with E-state index in [1.54, 1.807) is 14.0 Å². The number of aryl methyl sites for hydroxylation is 1. The van der Waals surface area contributed by atoms with Crippen molar-refractivity contribution in [3.05, 3.63) is 46.6 Å². The lowest BCUT2D eigenvalue weighted by atomic mass is 10.1. The number of aromatic nitrogens is 2. The molecule has 0 aliphatic carbocycles. The summed E-state index contributed by atoms with van der Waals surface area (Å²) in [5.41, 5.74) is 1.80. The number of hydrogen-bond donors (Lipinski definition) is 2. The first-order valence-corrected chi connectivity index (χ1v) is 8.26. The van der Waals surface area contributed by atoms with E-state index in [2.05, 4.69) is 15.3 Å². The molecule has 0 saturated heterocycles. The minimum Gasteiger partial charge on any atom is -0.496 e. The van der Waals surface area contributed by atoms with Crippen molar-refractivity contribution in [2.45, 2.75) is 13.3 Å². The zero-order valence-electron chi connectivity index (χ0n) is 13.4. The van der Waals surface area contributed by atoms with Gasteiger partial charge in [0.05, 0.1) is 12.5 Å². The summed E-state index contributed by atoms with van der Waals surface area (Å²) in [5.74, 6) is 0.582. The fourth-order valence-electron chi connectivity index (χ4n) is 2.63. The van der Waals surface area contributed by atoms with Gasteiger partial charge in [-0.1, -0.05) is 18.2 Å². The number of hydrogen-bond acceptors (Lipinski definition) is 6. The second kappa shape index (κ2) is 6.84. The maximum Gasteiger partial charge on any atom is 0.346 e. The van der Waals surface area contributed by atoms with Gasteiger partial charge in [-0.2, -0.15) is 0 Å². The molecule has 0 bridgehead atoms. The standard InChI is InChI=1S/C17H17N3O3S/c1-10-13-15(19-9-20-16(13)24-14(10)17(21)22)18-8-7-11-5-3-4-6-12(11)23-2/h3-6,9H,7-8H2,1-2H3,(H,21,22)(H,18,19,20). The van der Waals surface area contributed by atoms with Crippen LogP contribution in [-0.2, 0) is 6.42 Å². The van der Waals surface area contributed by atoms with E-state index in [-0.39, 0.29) is 0 Å². The molecule has 3 rings (SSSR count). The monoisotopic (exact) mass is 343 g/mol. The number of carbonyl (C=O) groups is 1. The Morgan fingerprint density at radius 2 is 2.12 bits per heavy atom. The van der Waals surface area contributed by atoms with E-state index in [0.29, 0.717) is 27.6 Å². The molecule has 2 N–H and O–H groups in total. The Hall–Kier alpha value is -2.67. The molecule has 2 aromatic heterocycles. The average molecular weight is 343 g/mol. The van der Waals surface area contributed by atoms with Gasteiger partial charge in [0, 0.05) is 6.54 Å². The third kappa shape index (κ3) is 3.03. The van der Waals surface area contributed by atoms with Crippen molar-refractivity contribution in [2.24, 2.45) is 0 Å². The molecule has 0 fully saturated rings. The van der Waals surface area contributed by atoms with Gasteiger partial charge in [0.2, 0.25) is 0 Å². The molecular formula is C17H17N3O3S. The number of aromatic carboxylic acids is 1. The highest BCUT2D eigenvalue weighted by Crippen LogP contribution is 2.33. The highest BCUT2D eigenvalue weighted by atomic mass is 32.1. The Balaban J connectivity index is 1.82. The average Bonchev–Trinajstić information content (AvgIpc) is 2.93. The van der Waals surface area contributed by atoms with Crippen LogP contribution >= 0.6 is 11.3 Å². The van der Waals surface area contributed by atoms with Crippen LogP contribution < -0.4 is 10.1 Å². The second-order valence-corrected chi connectivity index (χ2v) is 6.25. The summed E-state index contributed by atoms with van der Waals surface area (Å²) in [5, 5.41) is 13.3. The normalized spacial score (nSPS) is 10.8. The fraction of sp³-hybridized carbons (Fsp3) is 0.235. The molecule has 24 heavy (non-hydrogen) atoms. The maximum atomic E-state index is 11.3. The first-order valence-electron chi connectivity index (χ1n) is 7.45. The zero-order valence-corrected chi connectivity index (χ0v) is 14.2. The van der Waals surface area contributed by atoms with Gasteiger partial charge in [0.15, 0.2) is 0 Å². The number of thiophene rings is 1. The quantitative estimate of drug-likeness (QED) is 0.714. The third-order valence-electron chi connectivity index (χ3n) is 3.80. The van der Waals surface area contributed by atoms with Crippen LogP contribution in [0.1, 0.15) is 20.8 Å². The van der Waals surface area contributed by atoms with Crippen LogP contribution in [0.15, 0.2) is 30.6 Å². The molecule has 0 amide bonds. The molecule has 3 aromatic rings. The summed E-state index contributed by atoms with van der Waals surface area (Å²) in [4.78, 5) is 20.7. The predicted molar refractivity (Wildman–Crippen MR) is 94.3 cm³/mol. The number of nitrogens with one attached hydrogen (secondary N) is 1. The van der Waals surface area contributed by atoms with Crippen molar-refractivity contribution in [2.75, 3.05) is 19.0 Å². The first kappa shape index (κ1) is 16.2. The number of nitrogens with zero attached hydrogens (tertiary/aromatic N) is 2. The van der Waals surface area contributed by atoms with E-state index in [4.69, 9.17) is 4.74 Å². The van der Waals surface area contributed by atoms with Crippen molar-refractivity contribution in [1.82, 2.24) is 9.97 Å². The molecule has 0 aliphatic heterocycles. The van der Waals surface area contributed by atoms with Crippen molar-refractivity contribution in [3.63, 3.8) is 0 Å². The Bertz CT molecular complexity index is 892. The topological polar surface area (TPSA) is 84.3 Å². The molecule has 2 heterocycles. The predicted octanol–water partition coefficient (Wildman–Crippen LogP) is 3.36. The summed E-state index contributed by atoms with van der Waals surface area (Å²) in [6.45, 7) is 2.45. The zero-order chi connectivity index (χ0) is 17.1. The number of carboxylic acids is 1. The van der Waals surface area contributed by atoms with E-state index in [1.165, 1.54) is 17.7 Å². The summed E-state index contributed by atoms with van der Waals surface area (Å²) in [6.07, 6.45) is 2.22. The van der Waals surface area contributed by atoms with Crippen LogP contribution in [-0.4, -0.2) is 34.7 Å². The molecule has 0 atom stereocenters. The summed E-state index contributed by atoms with van der Waals surface area (Å²) < 4.78 is 5.35. The molecule has 0 aliphatic rings. The summed E-state index contributed by atoms with van der Waals surface area (Å²) in [6, 6.07) is 7.86. The van der Waals surface area contributed by atoms with Crippen LogP contribution in [0, 0.1) is 6.92 Å². The number of rotatable bonds is 6. The fourth-order valence-corrected chi connectivity index (χ4v) is 3.62. The Morgan fingerprint density at radius 1 is 1.33 bits per heavy atom. The van der Waals surface area contributed by atoms with Gasteiger partial charge in [-0.25, -0.2) is 14.8 Å². The van der Waals surface area contributed by atoms with Crippen LogP contribution in [0.3, 0.4) is 0 Å². The Kier molecular flexibility index (Phi) is 4.61. The van der Waals surface area contributed by atoms with Gasteiger partial charge in [-0.15, -0.1) is 11.3 Å². The molecule has 0 saturated carbocycles. The summed E-state index contributed by atoms with van der Waals surface area (Å²) in [7, 11) is 1.66. The van der Waals surface area contributed by atoms with E-state index >= 15 is 0 Å². The van der Waals surface area contributed by atoms with Gasteiger partial charge in [-0.05, 0) is 30.5 Å². The second-order valence-electron chi connectivity index (χ2n) is 5.25. The van der Waals surface area contributed by atoms with Gasteiger partial charge in [0.25, 0.3) is 0 Å². The minimum absolute atomic E-state index is 0.304. The lowest BCUT2D eigenvalue weighted by molar-refractivity contribution is 0.0701. The van der Waals surface area contributed by atoms with Crippen LogP contribution in [0.2, 0.25) is 0 Å². The van der Waals surface area contributed by atoms with Crippen molar-refractivity contribution >= 4 is 33.3 Å². The van der Waals surface area contributed by atoms with E-state index in [1.807, 2.05) is 24.3 Å². The molecule has 0 radical (unpaired) electrons. The molecule has 6 nitrogen and oxygen atoms in total. The number of methoxy groups -OCH3 is 1. The smallest absolute Gasteiger partial charge is 0.346 e. The third-order valence-corrected chi connectivity index (χ3v) is 4.99. The number of benzene rings is 1. The maximum absolute atomic E-state index is 11.3. The Labute approximate surface area is 143 Å². The minimum atomic E-state index is -0.935. The number of anilines is 1. The van der Waals surface area contributed by atoms with Crippen LogP contribution in [0.25, 0.3) is 10.2 Å². The van der Waals surface area contributed by atoms with Crippen LogP contribution in [0.4, 0.5) is 5.82 Å². The number of para-hydroxylation sites is 1. The molecule has 1 aromatic carbocycles. The van der Waals surface area contributed by atoms with Gasteiger partial charge in [-0.3, -0.25) is 0 Å². The van der Waals surface area contributed by atoms with Crippen molar-refractivity contribution in [1.29, 1.82) is 0 Å². The molecule has 0 unspecified atom stereocenters. The lowest BCUT2D eigenvalue weighted by Crippen LogP contribution is -2.08. The largest absolute Gasteiger partial charge is 0.496 e. The number of ether oxygens (including phenoxy) is 1. The summed E-state index contributed by atoms with van der Waals surface area (Å²) >= 11 is 1.17. The number of fused-ring (bicyclic) bond motifs is 1. The molecule has 7 heteroatoms. The molecule has 0 spiro atoms. The van der Waals surface area contributed by atoms with E-state index < -0.39 is 5.97 Å². The van der Waals surface area contributed by atoms with Gasteiger partial charge >= 0.3 is 5.97 Å². The molecular weight excluding hydrogens is 326 g/mol. The number of carboxylic acid groups (broad SMARTS) is 1. The lowest BCUT2D eigenvalue weighted by Gasteiger charge is -2.10. The highest BCUT2D eigenvalue weighted by molar-refractivity contribution is 7.20. The van der Waals surface area contributed by atoms with Gasteiger partial charge < -0.3 is 15.2 Å².